The van der Waals surface area contributed by atoms with Gasteiger partial charge in [0.2, 0.25) is 0 Å². The van der Waals surface area contributed by atoms with Crippen LogP contribution in [-0.2, 0) is 6.42 Å². The lowest BCUT2D eigenvalue weighted by atomic mass is 9.79. The van der Waals surface area contributed by atoms with Crippen molar-refractivity contribution in [2.75, 3.05) is 0 Å². The van der Waals surface area contributed by atoms with E-state index in [1.54, 1.807) is 0 Å². The molecule has 1 aliphatic heterocycles. The van der Waals surface area contributed by atoms with E-state index < -0.39 is 0 Å². The van der Waals surface area contributed by atoms with Gasteiger partial charge < -0.3 is 13.4 Å². The minimum atomic E-state index is -0.186. The van der Waals surface area contributed by atoms with Gasteiger partial charge in [-0.25, -0.2) is 0 Å². The van der Waals surface area contributed by atoms with Gasteiger partial charge in [0.15, 0.2) is 0 Å². The molecule has 0 spiro atoms. The molecule has 1 aliphatic carbocycles. The third kappa shape index (κ3) is 7.30. The summed E-state index contributed by atoms with van der Waals surface area (Å²) in [5.74, 6) is 0.629. The number of furan rings is 2. The zero-order valence-electron chi connectivity index (χ0n) is 43.5. The molecule has 4 heteroatoms. The van der Waals surface area contributed by atoms with Crippen LogP contribution in [0.3, 0.4) is 0 Å². The molecule has 3 aromatic heterocycles. The number of para-hydroxylation sites is 2. The molecule has 0 bridgehead atoms. The SMILES string of the molecule is CC[C@@H]1C(c2ccc3c(c2)oc2ccccc23)=C(C)CC(c2ccccc2)=NC1c1cccc2oc3ccc(-c4ccc5c(c4)c4ccc6c(c4n5-c4ccccc4)C(C)C(c4ccccc4)Cc4ccccc4-6)cc3c12. The van der Waals surface area contributed by atoms with Crippen molar-refractivity contribution in [2.45, 2.75) is 57.9 Å². The molecule has 15 rings (SSSR count). The van der Waals surface area contributed by atoms with E-state index in [1.165, 1.54) is 83.1 Å². The molecule has 0 fully saturated rings. The number of aliphatic imine (C=N–C) groups is 1. The maximum absolute atomic E-state index is 6.84. The first kappa shape index (κ1) is 45.4. The number of hydrogen-bond donors (Lipinski definition) is 0. The lowest BCUT2D eigenvalue weighted by molar-refractivity contribution is 0.527. The zero-order valence-corrected chi connectivity index (χ0v) is 43.5. The molecular weight excluding hydrogens is 937 g/mol. The Bertz CT molecular complexity index is 4530. The van der Waals surface area contributed by atoms with Crippen LogP contribution >= 0.6 is 0 Å². The van der Waals surface area contributed by atoms with Gasteiger partial charge >= 0.3 is 0 Å². The van der Waals surface area contributed by atoms with Crippen molar-refractivity contribution < 1.29 is 8.83 Å². The Kier molecular flexibility index (Phi) is 10.7. The predicted octanol–water partition coefficient (Wildman–Crippen LogP) is 19.8. The van der Waals surface area contributed by atoms with Crippen LogP contribution in [0, 0.1) is 5.92 Å². The van der Waals surface area contributed by atoms with E-state index in [4.69, 9.17) is 13.8 Å². The normalized spacial score (nSPS) is 17.8. The topological polar surface area (TPSA) is 43.6 Å². The van der Waals surface area contributed by atoms with Crippen LogP contribution in [0.15, 0.2) is 244 Å². The Hall–Kier alpha value is -8.99. The summed E-state index contributed by atoms with van der Waals surface area (Å²) in [6.45, 7) is 7.10. The van der Waals surface area contributed by atoms with Gasteiger partial charge in [-0.3, -0.25) is 4.99 Å². The number of hydrogen-bond acceptors (Lipinski definition) is 3. The third-order valence-electron chi connectivity index (χ3n) is 17.4. The van der Waals surface area contributed by atoms with Gasteiger partial charge in [0.05, 0.1) is 17.1 Å². The predicted molar refractivity (Wildman–Crippen MR) is 321 cm³/mol. The highest BCUT2D eigenvalue weighted by molar-refractivity contribution is 6.14. The number of benzene rings is 10. The van der Waals surface area contributed by atoms with Crippen LogP contribution in [0.4, 0.5) is 0 Å². The summed E-state index contributed by atoms with van der Waals surface area (Å²) in [6.07, 6.45) is 2.64. The van der Waals surface area contributed by atoms with E-state index in [-0.39, 0.29) is 17.9 Å². The molecule has 2 aliphatic rings. The van der Waals surface area contributed by atoms with Crippen LogP contribution in [0.25, 0.3) is 99.2 Å². The van der Waals surface area contributed by atoms with Gasteiger partial charge in [0.1, 0.15) is 22.3 Å². The van der Waals surface area contributed by atoms with Gasteiger partial charge in [0.25, 0.3) is 0 Å². The van der Waals surface area contributed by atoms with Crippen LogP contribution < -0.4 is 0 Å². The summed E-state index contributed by atoms with van der Waals surface area (Å²) >= 11 is 0. The summed E-state index contributed by atoms with van der Waals surface area (Å²) in [6, 6.07) is 82.3. The van der Waals surface area contributed by atoms with Gasteiger partial charge in [0, 0.05) is 56.1 Å². The van der Waals surface area contributed by atoms with Gasteiger partial charge in [-0.1, -0.05) is 183 Å². The van der Waals surface area contributed by atoms with E-state index in [1.807, 2.05) is 6.07 Å². The molecule has 4 nitrogen and oxygen atoms in total. The minimum Gasteiger partial charge on any atom is -0.456 e. The first-order chi connectivity index (χ1) is 38.0. The summed E-state index contributed by atoms with van der Waals surface area (Å²) in [5, 5.41) is 7.02. The molecule has 10 aromatic carbocycles. The highest BCUT2D eigenvalue weighted by Gasteiger charge is 2.35. The molecule has 370 valence electrons. The third-order valence-corrected chi connectivity index (χ3v) is 17.4. The van der Waals surface area contributed by atoms with E-state index in [9.17, 15) is 0 Å². The summed E-state index contributed by atoms with van der Waals surface area (Å²) < 4.78 is 15.9. The Morgan fingerprint density at radius 1 is 0.519 bits per heavy atom. The molecule has 4 heterocycles. The number of rotatable bonds is 7. The van der Waals surface area contributed by atoms with Gasteiger partial charge in [-0.05, 0) is 153 Å². The Labute approximate surface area is 448 Å². The molecule has 0 amide bonds. The van der Waals surface area contributed by atoms with Crippen molar-refractivity contribution in [1.82, 2.24) is 4.57 Å². The van der Waals surface area contributed by atoms with Crippen molar-refractivity contribution in [3.63, 3.8) is 0 Å². The maximum Gasteiger partial charge on any atom is 0.136 e. The highest BCUT2D eigenvalue weighted by atomic mass is 16.3. The van der Waals surface area contributed by atoms with Crippen LogP contribution in [0.5, 0.6) is 0 Å². The number of allylic oxidation sites excluding steroid dienone is 1. The smallest absolute Gasteiger partial charge is 0.136 e. The Morgan fingerprint density at radius 3 is 2.01 bits per heavy atom. The van der Waals surface area contributed by atoms with Gasteiger partial charge in [-0.15, -0.1) is 0 Å². The van der Waals surface area contributed by atoms with E-state index in [0.717, 1.165) is 80.0 Å². The van der Waals surface area contributed by atoms with Crippen molar-refractivity contribution >= 4 is 77.0 Å². The fourth-order valence-electron chi connectivity index (χ4n) is 13.8. The molecule has 4 atom stereocenters. The summed E-state index contributed by atoms with van der Waals surface area (Å²) in [4.78, 5) is 5.88. The fourth-order valence-corrected chi connectivity index (χ4v) is 13.8. The monoisotopic (exact) mass is 992 g/mol. The molecule has 0 N–H and O–H groups in total. The van der Waals surface area contributed by atoms with Crippen molar-refractivity contribution in [3.8, 4) is 27.9 Å². The number of aromatic nitrogens is 1. The van der Waals surface area contributed by atoms with Gasteiger partial charge in [-0.2, -0.15) is 0 Å². The molecule has 77 heavy (non-hydrogen) atoms. The van der Waals surface area contributed by atoms with E-state index in [0.29, 0.717) is 5.92 Å². The second kappa shape index (κ2) is 18.1. The molecule has 0 saturated carbocycles. The van der Waals surface area contributed by atoms with Crippen molar-refractivity contribution in [3.05, 3.63) is 263 Å². The van der Waals surface area contributed by atoms with Crippen LogP contribution in [-0.4, -0.2) is 10.3 Å². The van der Waals surface area contributed by atoms with Crippen molar-refractivity contribution in [1.29, 1.82) is 0 Å². The summed E-state index contributed by atoms with van der Waals surface area (Å²) in [7, 11) is 0. The quantitative estimate of drug-likeness (QED) is 0.160. The summed E-state index contributed by atoms with van der Waals surface area (Å²) in [5.41, 5.74) is 23.7. The van der Waals surface area contributed by atoms with Crippen LogP contribution in [0.2, 0.25) is 0 Å². The molecule has 13 aromatic rings. The largest absolute Gasteiger partial charge is 0.456 e. The standard InChI is InChI=1S/C73H56N2O2/c1-4-53-69(51-31-34-56-55-27-16-17-29-65(55)77-68(56)43-51)44(2)39-63(47-21-10-6-11-22-47)74-72(53)59-28-18-30-67-71(59)62-41-49(33-38-66(62)76-67)48-32-37-64-61(40-48)58-36-35-57-54-26-15-14-23-50(54)42-60(46-19-8-5-9-20-46)45(3)70(57)73(58)75(64)52-24-12-7-13-25-52/h5-38,40-41,43,45,53,60,72H,4,39,42H2,1-3H3/t45?,53-,60?,72?/m1/s1. The first-order valence-corrected chi connectivity index (χ1v) is 27.5. The minimum absolute atomic E-state index is 0.0790. The average Bonchev–Trinajstić information content (AvgIpc) is 4.13. The molecule has 0 radical (unpaired) electrons. The molecule has 3 unspecified atom stereocenters. The second-order valence-corrected chi connectivity index (χ2v) is 21.6. The zero-order chi connectivity index (χ0) is 51.3. The Morgan fingerprint density at radius 2 is 1.18 bits per heavy atom. The molecule has 0 saturated heterocycles. The highest BCUT2D eigenvalue weighted by Crippen LogP contribution is 2.52. The first-order valence-electron chi connectivity index (χ1n) is 27.5. The Balaban J connectivity index is 0.909. The van der Waals surface area contributed by atoms with E-state index in [2.05, 4.69) is 244 Å². The van der Waals surface area contributed by atoms with Crippen LogP contribution in [0.1, 0.15) is 84.9 Å². The van der Waals surface area contributed by atoms with Crippen molar-refractivity contribution in [2.24, 2.45) is 10.9 Å². The lowest BCUT2D eigenvalue weighted by Gasteiger charge is -2.27. The van der Waals surface area contributed by atoms with E-state index >= 15 is 0 Å². The fraction of sp³-hybridized carbons (Fsp3) is 0.137. The maximum atomic E-state index is 6.84. The average molecular weight is 993 g/mol. The number of fused-ring (bicyclic) bond motifs is 13. The molecular formula is C73H56N2O2. The lowest BCUT2D eigenvalue weighted by Crippen LogP contribution is -2.14. The second-order valence-electron chi connectivity index (χ2n) is 21.6. The number of nitrogens with zero attached hydrogens (tertiary/aromatic N) is 2.